The minimum absolute atomic E-state index is 0.0872. The summed E-state index contributed by atoms with van der Waals surface area (Å²) in [4.78, 5) is 10.7. The molecule has 0 aromatic rings. The highest BCUT2D eigenvalue weighted by Gasteiger charge is 2.18. The number of carbonyl (C=O) groups excluding carboxylic acids is 1. The molecule has 0 saturated carbocycles. The summed E-state index contributed by atoms with van der Waals surface area (Å²) in [5.74, 6) is -0.298. The van der Waals surface area contributed by atoms with E-state index in [4.69, 9.17) is 14.2 Å². The van der Waals surface area contributed by atoms with Gasteiger partial charge in [-0.1, -0.05) is 0 Å². The van der Waals surface area contributed by atoms with Gasteiger partial charge >= 0.3 is 5.97 Å². The minimum atomic E-state index is -0.298. The summed E-state index contributed by atoms with van der Waals surface area (Å²) >= 11 is 0. The molecule has 0 aliphatic rings. The van der Waals surface area contributed by atoms with Crippen molar-refractivity contribution in [3.8, 4) is 0 Å². The van der Waals surface area contributed by atoms with Crippen LogP contribution >= 0.6 is 0 Å². The lowest BCUT2D eigenvalue weighted by atomic mass is 10.2. The van der Waals surface area contributed by atoms with Crippen LogP contribution in [0.25, 0.3) is 0 Å². The van der Waals surface area contributed by atoms with Gasteiger partial charge in [-0.2, -0.15) is 0 Å². The fraction of sp³-hybridized carbons (Fsp3) is 0.917. The second-order valence-corrected chi connectivity index (χ2v) is 5.03. The Bertz CT molecular complexity index is 206. The molecular weight excluding hydrogens is 208 g/mol. The molecule has 4 nitrogen and oxygen atoms in total. The largest absolute Gasteiger partial charge is 0.463 e. The first kappa shape index (κ1) is 15.4. The van der Waals surface area contributed by atoms with Crippen LogP contribution < -0.4 is 0 Å². The van der Waals surface area contributed by atoms with Crippen molar-refractivity contribution in [2.45, 2.75) is 59.4 Å². The molecule has 0 radical (unpaired) electrons. The molecule has 0 aliphatic heterocycles. The van der Waals surface area contributed by atoms with Gasteiger partial charge in [-0.3, -0.25) is 4.79 Å². The van der Waals surface area contributed by atoms with Crippen LogP contribution in [-0.2, 0) is 19.0 Å². The van der Waals surface area contributed by atoms with Crippen molar-refractivity contribution >= 4 is 5.97 Å². The van der Waals surface area contributed by atoms with Crippen LogP contribution in [0.4, 0.5) is 0 Å². The molecule has 0 aromatic carbocycles. The van der Waals surface area contributed by atoms with E-state index < -0.39 is 0 Å². The third kappa shape index (κ3) is 9.93. The van der Waals surface area contributed by atoms with Crippen LogP contribution in [0.15, 0.2) is 0 Å². The molecule has 16 heavy (non-hydrogen) atoms. The molecule has 0 aromatic heterocycles. The van der Waals surface area contributed by atoms with Gasteiger partial charge in [-0.25, -0.2) is 0 Å². The standard InChI is InChI=1S/C12H24O4/c1-9(2)16-11(7-14-10(3)13)8-15-12(4,5)6/h9,11H,7-8H2,1-6H3. The molecule has 0 heterocycles. The first-order valence-corrected chi connectivity index (χ1v) is 5.63. The Morgan fingerprint density at radius 3 is 2.12 bits per heavy atom. The Hall–Kier alpha value is -0.610. The van der Waals surface area contributed by atoms with Gasteiger partial charge in [0, 0.05) is 6.92 Å². The zero-order valence-electron chi connectivity index (χ0n) is 11.2. The molecule has 0 N–H and O–H groups in total. The smallest absolute Gasteiger partial charge is 0.302 e. The molecule has 0 bridgehead atoms. The van der Waals surface area contributed by atoms with E-state index in [-0.39, 0.29) is 30.4 Å². The third-order valence-electron chi connectivity index (χ3n) is 1.64. The van der Waals surface area contributed by atoms with Gasteiger partial charge in [0.25, 0.3) is 0 Å². The average molecular weight is 232 g/mol. The number of ether oxygens (including phenoxy) is 3. The van der Waals surface area contributed by atoms with Crippen molar-refractivity contribution in [3.63, 3.8) is 0 Å². The number of hydrogen-bond donors (Lipinski definition) is 0. The fourth-order valence-electron chi connectivity index (χ4n) is 1.06. The van der Waals surface area contributed by atoms with Crippen LogP contribution in [0.5, 0.6) is 0 Å². The Balaban J connectivity index is 4.05. The summed E-state index contributed by atoms with van der Waals surface area (Å²) in [7, 11) is 0. The van der Waals surface area contributed by atoms with Crippen LogP contribution in [0.1, 0.15) is 41.5 Å². The molecule has 0 saturated heterocycles. The molecule has 0 rings (SSSR count). The van der Waals surface area contributed by atoms with Gasteiger partial charge < -0.3 is 14.2 Å². The molecule has 0 aliphatic carbocycles. The topological polar surface area (TPSA) is 44.8 Å². The van der Waals surface area contributed by atoms with E-state index in [0.717, 1.165) is 0 Å². The Labute approximate surface area is 98.3 Å². The summed E-state index contributed by atoms with van der Waals surface area (Å²) in [5, 5.41) is 0. The lowest BCUT2D eigenvalue weighted by Gasteiger charge is -2.25. The van der Waals surface area contributed by atoms with Crippen molar-refractivity contribution < 1.29 is 19.0 Å². The summed E-state index contributed by atoms with van der Waals surface area (Å²) in [6.07, 6.45) is -0.118. The summed E-state index contributed by atoms with van der Waals surface area (Å²) in [6, 6.07) is 0. The normalized spacial score (nSPS) is 13.9. The zero-order valence-corrected chi connectivity index (χ0v) is 11.2. The molecule has 0 fully saturated rings. The van der Waals surface area contributed by atoms with Crippen LogP contribution in [0.3, 0.4) is 0 Å². The van der Waals surface area contributed by atoms with E-state index >= 15 is 0 Å². The highest BCUT2D eigenvalue weighted by molar-refractivity contribution is 5.65. The number of rotatable bonds is 6. The Morgan fingerprint density at radius 1 is 1.19 bits per heavy atom. The van der Waals surface area contributed by atoms with E-state index in [1.807, 2.05) is 34.6 Å². The lowest BCUT2D eigenvalue weighted by molar-refractivity contribution is -0.152. The number of hydrogen-bond acceptors (Lipinski definition) is 4. The van der Waals surface area contributed by atoms with Crippen molar-refractivity contribution in [2.75, 3.05) is 13.2 Å². The maximum atomic E-state index is 10.7. The predicted octanol–water partition coefficient (Wildman–Crippen LogP) is 2.16. The zero-order chi connectivity index (χ0) is 12.8. The molecule has 1 unspecified atom stereocenters. The fourth-order valence-corrected chi connectivity index (χ4v) is 1.06. The molecule has 96 valence electrons. The average Bonchev–Trinajstić information content (AvgIpc) is 2.07. The molecule has 0 spiro atoms. The van der Waals surface area contributed by atoms with Crippen LogP contribution in [0, 0.1) is 0 Å². The second-order valence-electron chi connectivity index (χ2n) is 5.03. The first-order chi connectivity index (χ1) is 7.20. The van der Waals surface area contributed by atoms with E-state index in [1.165, 1.54) is 6.92 Å². The number of carbonyl (C=O) groups is 1. The maximum absolute atomic E-state index is 10.7. The predicted molar refractivity (Wildman–Crippen MR) is 62.3 cm³/mol. The van der Waals surface area contributed by atoms with Crippen molar-refractivity contribution in [1.29, 1.82) is 0 Å². The van der Waals surface area contributed by atoms with Gasteiger partial charge in [0.15, 0.2) is 0 Å². The molecule has 1 atom stereocenters. The summed E-state index contributed by atoms with van der Waals surface area (Å²) in [6.45, 7) is 11.9. The summed E-state index contributed by atoms with van der Waals surface area (Å²) < 4.78 is 16.1. The quantitative estimate of drug-likeness (QED) is 0.658. The van der Waals surface area contributed by atoms with Gasteiger partial charge in [0.2, 0.25) is 0 Å². The van der Waals surface area contributed by atoms with Gasteiger partial charge in [0.1, 0.15) is 12.7 Å². The van der Waals surface area contributed by atoms with Crippen molar-refractivity contribution in [2.24, 2.45) is 0 Å². The highest BCUT2D eigenvalue weighted by Crippen LogP contribution is 2.09. The van der Waals surface area contributed by atoms with Gasteiger partial charge in [-0.15, -0.1) is 0 Å². The van der Waals surface area contributed by atoms with E-state index in [0.29, 0.717) is 6.61 Å². The monoisotopic (exact) mass is 232 g/mol. The van der Waals surface area contributed by atoms with E-state index in [1.54, 1.807) is 0 Å². The highest BCUT2D eigenvalue weighted by atomic mass is 16.6. The molecule has 0 amide bonds. The summed E-state index contributed by atoms with van der Waals surface area (Å²) in [5.41, 5.74) is -0.213. The Morgan fingerprint density at radius 2 is 1.75 bits per heavy atom. The van der Waals surface area contributed by atoms with Gasteiger partial charge in [-0.05, 0) is 34.6 Å². The van der Waals surface area contributed by atoms with Crippen LogP contribution in [-0.4, -0.2) is 37.0 Å². The molecular formula is C12H24O4. The van der Waals surface area contributed by atoms with E-state index in [2.05, 4.69) is 0 Å². The van der Waals surface area contributed by atoms with Crippen LogP contribution in [0.2, 0.25) is 0 Å². The van der Waals surface area contributed by atoms with E-state index in [9.17, 15) is 4.79 Å². The van der Waals surface area contributed by atoms with Crippen molar-refractivity contribution in [1.82, 2.24) is 0 Å². The van der Waals surface area contributed by atoms with Crippen molar-refractivity contribution in [3.05, 3.63) is 0 Å². The number of esters is 1. The van der Waals surface area contributed by atoms with Gasteiger partial charge in [0.05, 0.1) is 18.3 Å². The second kappa shape index (κ2) is 6.86. The SMILES string of the molecule is CC(=O)OCC(COC(C)(C)C)OC(C)C. The Kier molecular flexibility index (Phi) is 6.60. The maximum Gasteiger partial charge on any atom is 0.302 e. The third-order valence-corrected chi connectivity index (χ3v) is 1.64. The minimum Gasteiger partial charge on any atom is -0.463 e. The first-order valence-electron chi connectivity index (χ1n) is 5.63. The molecule has 4 heteroatoms. The lowest BCUT2D eigenvalue weighted by Crippen LogP contribution is -2.33.